The van der Waals surface area contributed by atoms with Crippen molar-refractivity contribution in [3.8, 4) is 0 Å². The second-order valence-electron chi connectivity index (χ2n) is 29.0. The maximum atomic E-state index is 13.2. The summed E-state index contributed by atoms with van der Waals surface area (Å²) in [5.74, 6) is -1.10. The molecule has 5 saturated heterocycles. The number of aliphatic hydroxyl groups is 15. The number of esters is 1. The van der Waals surface area contributed by atoms with E-state index in [0.717, 1.165) is 39.2 Å². The van der Waals surface area contributed by atoms with E-state index in [1.807, 2.05) is 6.92 Å². The fourth-order valence-electron chi connectivity index (χ4n) is 17.9. The Morgan fingerprint density at radius 1 is 0.540 bits per heavy atom. The first-order valence-corrected chi connectivity index (χ1v) is 31.1. The first kappa shape index (κ1) is 68.1. The number of methoxy groups -OCH3 is 1. The van der Waals surface area contributed by atoms with Crippen molar-refractivity contribution in [2.24, 2.45) is 50.2 Å². The van der Waals surface area contributed by atoms with Gasteiger partial charge in [0.05, 0.1) is 51.8 Å². The van der Waals surface area contributed by atoms with Crippen LogP contribution in [0.15, 0.2) is 11.6 Å². The van der Waals surface area contributed by atoms with Crippen LogP contribution in [0, 0.1) is 50.2 Å². The van der Waals surface area contributed by atoms with Crippen molar-refractivity contribution in [1.82, 2.24) is 0 Å². The van der Waals surface area contributed by atoms with Gasteiger partial charge in [-0.25, -0.2) is 4.79 Å². The van der Waals surface area contributed by atoms with Crippen LogP contribution in [0.25, 0.3) is 0 Å². The normalized spacial score (nSPS) is 55.1. The number of carbonyl (C=O) groups is 1. The number of fused-ring (bicyclic) bond motifs is 7. The summed E-state index contributed by atoms with van der Waals surface area (Å²) in [6, 6.07) is 0. The van der Waals surface area contributed by atoms with Gasteiger partial charge >= 0.3 is 5.97 Å². The summed E-state index contributed by atoms with van der Waals surface area (Å²) in [5.41, 5.74) is -1.37. The maximum Gasteiger partial charge on any atom is 0.337 e. The molecule has 5 aliphatic carbocycles. The zero-order valence-corrected chi connectivity index (χ0v) is 51.1. The molecule has 15 N–H and O–H groups in total. The molecule has 500 valence electrons. The minimum absolute atomic E-state index is 0.0268. The van der Waals surface area contributed by atoms with E-state index in [0.29, 0.717) is 25.7 Å². The third-order valence-electron chi connectivity index (χ3n) is 23.5. The van der Waals surface area contributed by atoms with Crippen LogP contribution in [0.3, 0.4) is 0 Å². The lowest BCUT2D eigenvalue weighted by molar-refractivity contribution is -0.396. The highest BCUT2D eigenvalue weighted by Crippen LogP contribution is 2.76. The first-order valence-electron chi connectivity index (χ1n) is 31.1. The molecule has 0 spiro atoms. The van der Waals surface area contributed by atoms with Gasteiger partial charge in [-0.15, -0.1) is 0 Å². The number of rotatable bonds is 14. The Labute approximate surface area is 506 Å². The molecule has 0 bridgehead atoms. The van der Waals surface area contributed by atoms with Gasteiger partial charge in [-0.3, -0.25) is 0 Å². The van der Waals surface area contributed by atoms with Crippen molar-refractivity contribution in [3.63, 3.8) is 0 Å². The molecule has 0 aromatic heterocycles. The van der Waals surface area contributed by atoms with Crippen molar-refractivity contribution < 1.29 is 133 Å². The van der Waals surface area contributed by atoms with Crippen molar-refractivity contribution in [2.75, 3.05) is 33.5 Å². The lowest BCUT2D eigenvalue weighted by Gasteiger charge is -2.72. The quantitative estimate of drug-likeness (QED) is 0.0471. The van der Waals surface area contributed by atoms with Crippen LogP contribution >= 0.6 is 0 Å². The highest BCUT2D eigenvalue weighted by atomic mass is 16.8. The second kappa shape index (κ2) is 25.2. The van der Waals surface area contributed by atoms with Gasteiger partial charge in [0, 0.05) is 10.8 Å². The molecule has 4 saturated carbocycles. The van der Waals surface area contributed by atoms with Gasteiger partial charge in [-0.1, -0.05) is 60.1 Å². The molecule has 0 unspecified atom stereocenters. The van der Waals surface area contributed by atoms with Crippen LogP contribution in [-0.2, 0) is 56.9 Å². The van der Waals surface area contributed by atoms with Gasteiger partial charge < -0.3 is 129 Å². The van der Waals surface area contributed by atoms with Crippen molar-refractivity contribution >= 4 is 5.97 Å². The third-order valence-corrected chi connectivity index (χ3v) is 23.5. The largest absolute Gasteiger partial charge is 0.467 e. The fraction of sp³-hybridized carbons (Fsp3) is 0.950. The summed E-state index contributed by atoms with van der Waals surface area (Å²) in [7, 11) is 1.07. The molecule has 27 heteroatoms. The number of ether oxygens (including phenoxy) is 11. The van der Waals surface area contributed by atoms with Gasteiger partial charge in [0.1, 0.15) is 104 Å². The molecule has 87 heavy (non-hydrogen) atoms. The van der Waals surface area contributed by atoms with Crippen molar-refractivity contribution in [2.45, 2.75) is 273 Å². The predicted molar refractivity (Wildman–Crippen MR) is 294 cm³/mol. The smallest absolute Gasteiger partial charge is 0.337 e. The van der Waals surface area contributed by atoms with Crippen LogP contribution in [0.5, 0.6) is 0 Å². The third kappa shape index (κ3) is 11.4. The number of carbonyl (C=O) groups excluding carboxylic acids is 1. The fourth-order valence-corrected chi connectivity index (χ4v) is 17.9. The second-order valence-corrected chi connectivity index (χ2v) is 29.0. The predicted octanol–water partition coefficient (Wildman–Crippen LogP) is -2.92. The Morgan fingerprint density at radius 2 is 1.09 bits per heavy atom. The van der Waals surface area contributed by atoms with Crippen LogP contribution in [0.1, 0.15) is 113 Å². The lowest BCUT2D eigenvalue weighted by Crippen LogP contribution is -2.68. The maximum absolute atomic E-state index is 13.2. The van der Waals surface area contributed by atoms with E-state index < -0.39 is 195 Å². The molecule has 10 aliphatic rings. The molecule has 5 aliphatic heterocycles. The van der Waals surface area contributed by atoms with Crippen LogP contribution < -0.4 is 0 Å². The molecule has 0 aromatic rings. The minimum Gasteiger partial charge on any atom is -0.467 e. The zero-order valence-electron chi connectivity index (χ0n) is 51.1. The number of hydrogen-bond donors (Lipinski definition) is 15. The van der Waals surface area contributed by atoms with Gasteiger partial charge in [0.15, 0.2) is 37.6 Å². The molecule has 9 fully saturated rings. The highest BCUT2D eigenvalue weighted by molar-refractivity contribution is 5.75. The molecule has 10 rings (SSSR count). The van der Waals surface area contributed by atoms with E-state index in [4.69, 9.17) is 52.1 Å². The van der Waals surface area contributed by atoms with Gasteiger partial charge in [-0.05, 0) is 104 Å². The standard InChI is InChI=1S/C60H98O27/c1-24-34(65)38(69)43(74)50(79-24)86-47-40(71)37(68)29(21-62)81-53(47)87-48-42(73)41(72)45(49(76)77-9)84-54(48)82-32-13-14-57(5)30(58(32,6)23-63)12-15-60(8)31(57)11-10-25-26-18-55(2,3)19-33(56(26,4)16-17-59(25,60)7)83-52-46(35(66)27(64)22-78-52)85-51-44(75)39(70)36(67)28(20-61)80-51/h10,24,26-48,50-54,61-75H,11-23H2,1-9H3/t24-,26-,27+,28+,29+,30+,31+,32-,33+,34-,35-,36+,37-,38+,39-,40-,41-,42-,43+,44+,45-,46+,47+,48+,50-,51-,52-,53-,54+,56+,57-,58+,59+,60+/m0/s1. The summed E-state index contributed by atoms with van der Waals surface area (Å²) in [5, 5.41) is 164. The molecule has 27 nitrogen and oxygen atoms in total. The van der Waals surface area contributed by atoms with Crippen LogP contribution in [0.2, 0.25) is 0 Å². The first-order chi connectivity index (χ1) is 40.8. The summed E-state index contributed by atoms with van der Waals surface area (Å²) in [6.07, 6.45) is -32.8. The average Bonchev–Trinajstić information content (AvgIpc) is 0.680. The van der Waals surface area contributed by atoms with E-state index in [1.54, 1.807) is 0 Å². The van der Waals surface area contributed by atoms with Crippen LogP contribution in [0.4, 0.5) is 0 Å². The molecular weight excluding hydrogens is 1150 g/mol. The molecular formula is C60H98O27. The topological polar surface area (TPSA) is 422 Å². The van der Waals surface area contributed by atoms with E-state index in [1.165, 1.54) is 12.5 Å². The monoisotopic (exact) mass is 1250 g/mol. The van der Waals surface area contributed by atoms with Crippen LogP contribution in [-0.4, -0.2) is 276 Å². The van der Waals surface area contributed by atoms with E-state index in [2.05, 4.69) is 47.6 Å². The minimum atomic E-state index is -2.01. The summed E-state index contributed by atoms with van der Waals surface area (Å²) in [6.45, 7) is 14.9. The van der Waals surface area contributed by atoms with Gasteiger partial charge in [-0.2, -0.15) is 0 Å². The molecule has 0 radical (unpaired) electrons. The molecule has 0 aromatic carbocycles. The Balaban J connectivity index is 0.902. The van der Waals surface area contributed by atoms with Gasteiger partial charge in [0.2, 0.25) is 0 Å². The summed E-state index contributed by atoms with van der Waals surface area (Å²) >= 11 is 0. The molecule has 0 amide bonds. The Hall–Kier alpha value is -1.79. The van der Waals surface area contributed by atoms with Crippen molar-refractivity contribution in [1.29, 1.82) is 0 Å². The molecule has 5 heterocycles. The Morgan fingerprint density at radius 3 is 1.71 bits per heavy atom. The number of aliphatic hydroxyl groups excluding tert-OH is 15. The van der Waals surface area contributed by atoms with Gasteiger partial charge in [0.25, 0.3) is 0 Å². The van der Waals surface area contributed by atoms with Crippen molar-refractivity contribution in [3.05, 3.63) is 11.6 Å². The highest BCUT2D eigenvalue weighted by Gasteiger charge is 2.70. The van der Waals surface area contributed by atoms with E-state index in [9.17, 15) is 81.4 Å². The SMILES string of the molecule is COC(=O)[C@H]1O[C@@H](O[C@H]2CC[C@@]3(C)[C@@H](CC[C@]4(C)[C@@H]3CC=C3[C@@H]5CC(C)(C)C[C@@H](O[C@@H]6OC[C@@H](O)[C@H](O)[C@H]6O[C@@H]6O[C@H](CO)[C@@H](O)[C@H](O)[C@H]6O)[C@]5(C)CC[C@]34C)[C@@]2(C)CO)[C@H](O[C@@H]2O[C@H](CO)[C@H](O)[C@H](O)[C@H]2O[C@@H]2O[C@@H](C)[C@H](O)[C@@H](O)[C@H]2O)[C@@H](O)[C@@H]1O. The van der Waals surface area contributed by atoms with E-state index in [-0.39, 0.29) is 47.2 Å². The zero-order chi connectivity index (χ0) is 63.6. The average molecular weight is 1250 g/mol. The Kier molecular flexibility index (Phi) is 19.7. The lowest BCUT2D eigenvalue weighted by atomic mass is 9.33. The number of hydrogen-bond acceptors (Lipinski definition) is 27. The number of allylic oxidation sites excluding steroid dienone is 2. The Bertz CT molecular complexity index is 2420. The molecule has 34 atom stereocenters. The van der Waals surface area contributed by atoms with E-state index >= 15 is 0 Å². The summed E-state index contributed by atoms with van der Waals surface area (Å²) < 4.78 is 66.7. The summed E-state index contributed by atoms with van der Waals surface area (Å²) in [4.78, 5) is 13.2.